The lowest BCUT2D eigenvalue weighted by Gasteiger charge is -2.35. The molecule has 3 aromatic rings. The molecule has 0 radical (unpaired) electrons. The summed E-state index contributed by atoms with van der Waals surface area (Å²) in [5, 5.41) is 0.303. The van der Waals surface area contributed by atoms with E-state index in [1.54, 1.807) is 33.2 Å². The van der Waals surface area contributed by atoms with Crippen LogP contribution in [0.2, 0.25) is 0 Å². The Balaban J connectivity index is 1.93. The van der Waals surface area contributed by atoms with Gasteiger partial charge >= 0.3 is 5.69 Å². The van der Waals surface area contributed by atoms with Crippen molar-refractivity contribution in [3.05, 3.63) is 61.1 Å². The van der Waals surface area contributed by atoms with Gasteiger partial charge in [0.2, 0.25) is 5.91 Å². The van der Waals surface area contributed by atoms with E-state index in [0.29, 0.717) is 51.3 Å². The van der Waals surface area contributed by atoms with Crippen molar-refractivity contribution in [3.8, 4) is 5.69 Å². The van der Waals surface area contributed by atoms with E-state index in [-0.39, 0.29) is 18.4 Å². The zero-order valence-electron chi connectivity index (χ0n) is 21.8. The monoisotopic (exact) mass is 510 g/mol. The first-order valence-corrected chi connectivity index (χ1v) is 13.2. The van der Waals surface area contributed by atoms with Crippen molar-refractivity contribution < 1.29 is 9.59 Å². The molecule has 2 aromatic heterocycles. The van der Waals surface area contributed by atoms with Gasteiger partial charge in [-0.15, -0.1) is 11.3 Å². The van der Waals surface area contributed by atoms with Crippen molar-refractivity contribution >= 4 is 33.4 Å². The molecule has 0 aliphatic carbocycles. The minimum Gasteiger partial charge on any atom is -0.344 e. The molecule has 1 aliphatic heterocycles. The van der Waals surface area contributed by atoms with Crippen LogP contribution in [-0.2, 0) is 17.8 Å². The number of benzene rings is 1. The Bertz CT molecular complexity index is 1420. The van der Waals surface area contributed by atoms with E-state index in [4.69, 9.17) is 0 Å². The number of amides is 2. The molecule has 9 heteroatoms. The molecule has 3 heterocycles. The number of hydrogen-bond acceptors (Lipinski definition) is 5. The molecule has 0 bridgehead atoms. The van der Waals surface area contributed by atoms with E-state index < -0.39 is 11.2 Å². The molecule has 0 spiro atoms. The highest BCUT2D eigenvalue weighted by Gasteiger charge is 2.29. The molecule has 1 fully saturated rings. The van der Waals surface area contributed by atoms with Gasteiger partial charge < -0.3 is 9.80 Å². The number of carbonyl (C=O) groups is 2. The second-order valence-electron chi connectivity index (χ2n) is 10.2. The van der Waals surface area contributed by atoms with Gasteiger partial charge in [-0.2, -0.15) is 0 Å². The lowest BCUT2D eigenvalue weighted by molar-refractivity contribution is -0.134. The van der Waals surface area contributed by atoms with Crippen LogP contribution in [0.15, 0.2) is 33.9 Å². The third-order valence-electron chi connectivity index (χ3n) is 6.93. The van der Waals surface area contributed by atoms with Gasteiger partial charge in [-0.05, 0) is 54.9 Å². The number of piperidine rings is 1. The van der Waals surface area contributed by atoms with Crippen LogP contribution in [0, 0.1) is 18.8 Å². The van der Waals surface area contributed by atoms with Crippen molar-refractivity contribution in [1.29, 1.82) is 0 Å². The van der Waals surface area contributed by atoms with Crippen molar-refractivity contribution in [2.45, 2.75) is 47.1 Å². The third-order valence-corrected chi connectivity index (χ3v) is 8.23. The first-order chi connectivity index (χ1) is 17.0. The molecule has 1 aromatic carbocycles. The summed E-state index contributed by atoms with van der Waals surface area (Å²) in [5.41, 5.74) is 1.00. The van der Waals surface area contributed by atoms with Gasteiger partial charge in [0, 0.05) is 27.2 Å². The van der Waals surface area contributed by atoms with E-state index >= 15 is 0 Å². The van der Waals surface area contributed by atoms with Gasteiger partial charge in [0.05, 0.1) is 16.0 Å². The predicted octanol–water partition coefficient (Wildman–Crippen LogP) is 3.29. The Morgan fingerprint density at radius 2 is 1.67 bits per heavy atom. The van der Waals surface area contributed by atoms with Gasteiger partial charge in [-0.1, -0.05) is 32.9 Å². The first-order valence-electron chi connectivity index (χ1n) is 12.4. The fourth-order valence-electron chi connectivity index (χ4n) is 5.10. The second-order valence-corrected chi connectivity index (χ2v) is 11.2. The smallest absolute Gasteiger partial charge is 0.337 e. The second kappa shape index (κ2) is 10.0. The van der Waals surface area contributed by atoms with E-state index in [2.05, 4.69) is 13.8 Å². The van der Waals surface area contributed by atoms with Crippen molar-refractivity contribution in [2.75, 3.05) is 27.2 Å². The Morgan fingerprint density at radius 3 is 2.22 bits per heavy atom. The average molecular weight is 511 g/mol. The number of aryl methyl sites for hydroxylation is 2. The molecule has 1 saturated heterocycles. The van der Waals surface area contributed by atoms with Gasteiger partial charge in [-0.25, -0.2) is 9.36 Å². The summed E-state index contributed by atoms with van der Waals surface area (Å²) in [5.74, 6) is 0.369. The van der Waals surface area contributed by atoms with Crippen LogP contribution in [-0.4, -0.2) is 57.9 Å². The normalized spacial score (nSPS) is 18.0. The molecule has 0 N–H and O–H groups in total. The molecular formula is C27H34N4O4S. The number of fused-ring (bicyclic) bond motifs is 1. The fourth-order valence-corrected chi connectivity index (χ4v) is 6.42. The maximum absolute atomic E-state index is 13.8. The summed E-state index contributed by atoms with van der Waals surface area (Å²) >= 11 is 1.10. The molecule has 8 nitrogen and oxygen atoms in total. The first kappa shape index (κ1) is 25.9. The van der Waals surface area contributed by atoms with Gasteiger partial charge in [0.1, 0.15) is 11.4 Å². The summed E-state index contributed by atoms with van der Waals surface area (Å²) in [6.07, 6.45) is 1.89. The Labute approximate surface area is 214 Å². The number of nitrogens with zero attached hydrogens (tertiary/aromatic N) is 4. The zero-order valence-corrected chi connectivity index (χ0v) is 22.6. The van der Waals surface area contributed by atoms with Crippen LogP contribution in [0.1, 0.15) is 48.0 Å². The Morgan fingerprint density at radius 1 is 1.06 bits per heavy atom. The summed E-state index contributed by atoms with van der Waals surface area (Å²) in [7, 11) is 3.30. The maximum Gasteiger partial charge on any atom is 0.337 e. The number of rotatable bonds is 5. The molecule has 2 amide bonds. The lowest BCUT2D eigenvalue weighted by atomic mass is 9.92. The molecule has 0 unspecified atom stereocenters. The van der Waals surface area contributed by atoms with Crippen molar-refractivity contribution in [3.63, 3.8) is 0 Å². The summed E-state index contributed by atoms with van der Waals surface area (Å²) < 4.78 is 2.50. The average Bonchev–Trinajstić information content (AvgIpc) is 3.18. The molecule has 4 rings (SSSR count). The number of aromatic nitrogens is 2. The van der Waals surface area contributed by atoms with E-state index in [0.717, 1.165) is 34.3 Å². The van der Waals surface area contributed by atoms with Crippen molar-refractivity contribution in [2.24, 2.45) is 11.8 Å². The Kier molecular flexibility index (Phi) is 7.22. The molecule has 2 atom stereocenters. The zero-order chi connectivity index (χ0) is 26.3. The maximum atomic E-state index is 13.8. The molecule has 192 valence electrons. The quantitative estimate of drug-likeness (QED) is 0.527. The summed E-state index contributed by atoms with van der Waals surface area (Å²) in [6, 6.07) is 7.28. The van der Waals surface area contributed by atoms with Crippen molar-refractivity contribution in [1.82, 2.24) is 18.9 Å². The van der Waals surface area contributed by atoms with Gasteiger partial charge in [-0.3, -0.25) is 19.0 Å². The fraction of sp³-hybridized carbons (Fsp3) is 0.481. The standard InChI is InChI=1S/C27H34N4O4S/c1-7-19-8-10-20(11-9-19)31-24(33)22-18(4)23(25(34)28(5)6)36-26(22)30(27(31)35)15-21(32)29-13-16(2)12-17(3)14-29/h8-11,16-17H,7,12-15H2,1-6H3/t16-,17-/m1/s1. The highest BCUT2D eigenvalue weighted by molar-refractivity contribution is 7.20. The SMILES string of the molecule is CCc1ccc(-n2c(=O)c3c(C)c(C(=O)N(C)C)sc3n(CC(=O)N3C[C@H](C)C[C@@H](C)C3)c2=O)cc1. The number of thiophene rings is 1. The summed E-state index contributed by atoms with van der Waals surface area (Å²) in [6.45, 7) is 9.13. The number of hydrogen-bond donors (Lipinski definition) is 0. The van der Waals surface area contributed by atoms with Crippen LogP contribution >= 0.6 is 11.3 Å². The third kappa shape index (κ3) is 4.64. The van der Waals surface area contributed by atoms with Crippen LogP contribution in [0.5, 0.6) is 0 Å². The molecule has 1 aliphatic rings. The molecular weight excluding hydrogens is 476 g/mol. The van der Waals surface area contributed by atoms with Crippen LogP contribution in [0.3, 0.4) is 0 Å². The number of likely N-dealkylation sites (tertiary alicyclic amines) is 1. The van der Waals surface area contributed by atoms with E-state index in [1.807, 2.05) is 24.0 Å². The Hall–Kier alpha value is -3.20. The summed E-state index contributed by atoms with van der Waals surface area (Å²) in [4.78, 5) is 57.8. The predicted molar refractivity (Wildman–Crippen MR) is 143 cm³/mol. The van der Waals surface area contributed by atoms with E-state index in [1.165, 1.54) is 9.47 Å². The van der Waals surface area contributed by atoms with Crippen LogP contribution < -0.4 is 11.2 Å². The number of carbonyl (C=O) groups excluding carboxylic acids is 2. The lowest BCUT2D eigenvalue weighted by Crippen LogP contribution is -2.46. The largest absolute Gasteiger partial charge is 0.344 e. The van der Waals surface area contributed by atoms with Gasteiger partial charge in [0.15, 0.2) is 0 Å². The van der Waals surface area contributed by atoms with E-state index in [9.17, 15) is 19.2 Å². The molecule has 36 heavy (non-hydrogen) atoms. The topological polar surface area (TPSA) is 84.6 Å². The highest BCUT2D eigenvalue weighted by Crippen LogP contribution is 2.29. The van der Waals surface area contributed by atoms with Crippen LogP contribution in [0.4, 0.5) is 0 Å². The molecule has 0 saturated carbocycles. The highest BCUT2D eigenvalue weighted by atomic mass is 32.1. The minimum atomic E-state index is -0.576. The van der Waals surface area contributed by atoms with Gasteiger partial charge in [0.25, 0.3) is 11.5 Å². The van der Waals surface area contributed by atoms with Crippen LogP contribution in [0.25, 0.3) is 15.9 Å². The minimum absolute atomic E-state index is 0.158.